The van der Waals surface area contributed by atoms with Crippen LogP contribution in [-0.2, 0) is 22.4 Å². The molecule has 182 valence electrons. The maximum atomic E-state index is 12.4. The third kappa shape index (κ3) is 7.56. The first-order valence-corrected chi connectivity index (χ1v) is 12.3. The number of amides is 1. The van der Waals surface area contributed by atoms with Gasteiger partial charge in [-0.15, -0.1) is 0 Å². The molecular formula is C29H37NO4. The normalized spacial score (nSPS) is 17.8. The zero-order chi connectivity index (χ0) is 24.3. The number of hydrogen-bond donors (Lipinski definition) is 1. The average Bonchev–Trinajstić information content (AvgIpc) is 3.23. The smallest absolute Gasteiger partial charge is 0.337 e. The number of aliphatic hydroxyl groups excluding tert-OH is 1. The minimum absolute atomic E-state index is 0.0294. The van der Waals surface area contributed by atoms with Crippen molar-refractivity contribution in [1.82, 2.24) is 4.90 Å². The average molecular weight is 464 g/mol. The third-order valence-electron chi connectivity index (χ3n) is 6.72. The van der Waals surface area contributed by atoms with E-state index in [1.807, 2.05) is 35.3 Å². The lowest BCUT2D eigenvalue weighted by Gasteiger charge is -2.23. The lowest BCUT2D eigenvalue weighted by Crippen LogP contribution is -2.34. The van der Waals surface area contributed by atoms with Crippen LogP contribution >= 0.6 is 0 Å². The quantitative estimate of drug-likeness (QED) is 0.274. The van der Waals surface area contributed by atoms with Crippen LogP contribution in [0.5, 0.6) is 0 Å². The second-order valence-electron chi connectivity index (χ2n) is 9.22. The zero-order valence-corrected chi connectivity index (χ0v) is 20.4. The Morgan fingerprint density at radius 1 is 1.09 bits per heavy atom. The summed E-state index contributed by atoms with van der Waals surface area (Å²) in [6, 6.07) is 17.8. The second-order valence-corrected chi connectivity index (χ2v) is 9.22. The first-order valence-electron chi connectivity index (χ1n) is 12.3. The van der Waals surface area contributed by atoms with Gasteiger partial charge in [0.1, 0.15) is 0 Å². The van der Waals surface area contributed by atoms with Crippen molar-refractivity contribution in [3.63, 3.8) is 0 Å². The topological polar surface area (TPSA) is 66.8 Å². The minimum atomic E-state index is -0.500. The van der Waals surface area contributed by atoms with E-state index in [9.17, 15) is 14.7 Å². The largest absolute Gasteiger partial charge is 0.465 e. The molecule has 0 unspecified atom stereocenters. The molecule has 0 spiro atoms. The molecule has 1 saturated heterocycles. The molecule has 1 amide bonds. The number of unbranched alkanes of at least 4 members (excludes halogenated alkanes) is 1. The summed E-state index contributed by atoms with van der Waals surface area (Å²) in [6.45, 7) is 2.71. The van der Waals surface area contributed by atoms with Crippen LogP contribution in [0.2, 0.25) is 0 Å². The molecule has 1 N–H and O–H groups in total. The van der Waals surface area contributed by atoms with Gasteiger partial charge in [0.15, 0.2) is 0 Å². The van der Waals surface area contributed by atoms with E-state index in [0.717, 1.165) is 44.1 Å². The molecule has 3 rings (SSSR count). The van der Waals surface area contributed by atoms with E-state index in [1.54, 1.807) is 12.1 Å². The van der Waals surface area contributed by atoms with Gasteiger partial charge in [-0.3, -0.25) is 4.79 Å². The van der Waals surface area contributed by atoms with Gasteiger partial charge in [0.25, 0.3) is 0 Å². The van der Waals surface area contributed by atoms with Crippen LogP contribution in [0.3, 0.4) is 0 Å². The number of methoxy groups -OCH3 is 1. The number of likely N-dealkylation sites (tertiary alicyclic amines) is 1. The number of carbonyl (C=O) groups excluding carboxylic acids is 2. The van der Waals surface area contributed by atoms with Crippen molar-refractivity contribution in [2.24, 2.45) is 5.92 Å². The first-order chi connectivity index (χ1) is 16.5. The van der Waals surface area contributed by atoms with Gasteiger partial charge in [-0.2, -0.15) is 0 Å². The van der Waals surface area contributed by atoms with Gasteiger partial charge in [-0.05, 0) is 61.3 Å². The summed E-state index contributed by atoms with van der Waals surface area (Å²) in [5.74, 6) is -0.00867. The summed E-state index contributed by atoms with van der Waals surface area (Å²) in [4.78, 5) is 25.9. The summed E-state index contributed by atoms with van der Waals surface area (Å²) in [7, 11) is 1.37. The highest BCUT2D eigenvalue weighted by molar-refractivity contribution is 5.89. The van der Waals surface area contributed by atoms with Gasteiger partial charge in [0.2, 0.25) is 5.91 Å². The Morgan fingerprint density at radius 3 is 2.50 bits per heavy atom. The maximum absolute atomic E-state index is 12.4. The van der Waals surface area contributed by atoms with Crippen molar-refractivity contribution in [1.29, 1.82) is 0 Å². The molecule has 2 aromatic carbocycles. The highest BCUT2D eigenvalue weighted by Gasteiger charge is 2.29. The molecule has 34 heavy (non-hydrogen) atoms. The van der Waals surface area contributed by atoms with E-state index < -0.39 is 6.10 Å². The fourth-order valence-electron chi connectivity index (χ4n) is 4.46. The van der Waals surface area contributed by atoms with Gasteiger partial charge in [0.05, 0.1) is 24.8 Å². The van der Waals surface area contributed by atoms with Crippen LogP contribution in [0.4, 0.5) is 0 Å². The predicted molar refractivity (Wildman–Crippen MR) is 135 cm³/mol. The zero-order valence-electron chi connectivity index (χ0n) is 20.4. The van der Waals surface area contributed by atoms with Crippen molar-refractivity contribution in [2.75, 3.05) is 13.7 Å². The Balaban J connectivity index is 1.44. The molecule has 0 aromatic heterocycles. The van der Waals surface area contributed by atoms with Gasteiger partial charge >= 0.3 is 5.97 Å². The SMILES string of the molecule is COC(=O)c1ccc(CCN2C(=O)CC[C@@H]2C=C[C@H](O)[C@@H](C)CCCCc2ccccc2)cc1. The number of hydrogen-bond acceptors (Lipinski definition) is 4. The van der Waals surface area contributed by atoms with Crippen molar-refractivity contribution in [2.45, 2.75) is 64.0 Å². The molecule has 0 radical (unpaired) electrons. The van der Waals surface area contributed by atoms with Crippen LogP contribution in [-0.4, -0.2) is 47.7 Å². The number of rotatable bonds is 12. The predicted octanol–water partition coefficient (Wildman–Crippen LogP) is 4.97. The lowest BCUT2D eigenvalue weighted by atomic mass is 9.95. The van der Waals surface area contributed by atoms with Gasteiger partial charge < -0.3 is 14.7 Å². The van der Waals surface area contributed by atoms with E-state index in [-0.39, 0.29) is 23.8 Å². The summed E-state index contributed by atoms with van der Waals surface area (Å²) in [5.41, 5.74) is 2.95. The Morgan fingerprint density at radius 2 is 1.79 bits per heavy atom. The standard InChI is InChI=1S/C29H37NO4/c1-22(8-6-7-11-23-9-4-3-5-10-23)27(31)18-16-26-17-19-28(32)30(26)21-20-24-12-14-25(15-13-24)29(33)34-2/h3-5,9-10,12-16,18,22,26-27,31H,6-8,11,17,19-21H2,1-2H3/t22-,26-,27-/m0/s1. The van der Waals surface area contributed by atoms with Crippen molar-refractivity contribution in [3.05, 3.63) is 83.4 Å². The molecule has 0 aliphatic carbocycles. The van der Waals surface area contributed by atoms with E-state index in [4.69, 9.17) is 4.74 Å². The third-order valence-corrected chi connectivity index (χ3v) is 6.72. The van der Waals surface area contributed by atoms with Crippen LogP contribution in [0, 0.1) is 5.92 Å². The van der Waals surface area contributed by atoms with Crippen molar-refractivity contribution < 1.29 is 19.4 Å². The number of ether oxygens (including phenoxy) is 1. The van der Waals surface area contributed by atoms with E-state index in [1.165, 1.54) is 12.7 Å². The first kappa shape index (κ1) is 25.7. The Hall–Kier alpha value is -2.92. The Bertz CT molecular complexity index is 938. The fraction of sp³-hybridized carbons (Fsp3) is 0.448. The van der Waals surface area contributed by atoms with Crippen molar-refractivity contribution >= 4 is 11.9 Å². The second kappa shape index (κ2) is 13.1. The van der Waals surface area contributed by atoms with Crippen LogP contribution < -0.4 is 0 Å². The maximum Gasteiger partial charge on any atom is 0.337 e. The highest BCUT2D eigenvalue weighted by atomic mass is 16.5. The molecule has 3 atom stereocenters. The van der Waals surface area contributed by atoms with Gasteiger partial charge in [0, 0.05) is 13.0 Å². The van der Waals surface area contributed by atoms with Crippen LogP contribution in [0.25, 0.3) is 0 Å². The Kier molecular flexibility index (Phi) is 9.89. The number of nitrogens with zero attached hydrogens (tertiary/aromatic N) is 1. The summed E-state index contributed by atoms with van der Waals surface area (Å²) in [6.07, 6.45) is 9.70. The minimum Gasteiger partial charge on any atom is -0.465 e. The Labute approximate surface area is 203 Å². The molecule has 0 bridgehead atoms. The summed E-state index contributed by atoms with van der Waals surface area (Å²) in [5, 5.41) is 10.6. The number of esters is 1. The molecule has 1 fully saturated rings. The molecule has 0 saturated carbocycles. The van der Waals surface area contributed by atoms with Gasteiger partial charge in [-0.25, -0.2) is 4.79 Å². The molecule has 2 aromatic rings. The lowest BCUT2D eigenvalue weighted by molar-refractivity contribution is -0.128. The van der Waals surface area contributed by atoms with E-state index in [0.29, 0.717) is 18.5 Å². The molecule has 5 heteroatoms. The molecule has 1 aliphatic rings. The molecule has 1 aliphatic heterocycles. The van der Waals surface area contributed by atoms with Gasteiger partial charge in [-0.1, -0.05) is 68.0 Å². The monoisotopic (exact) mass is 463 g/mol. The number of aliphatic hydroxyl groups is 1. The summed E-state index contributed by atoms with van der Waals surface area (Å²) < 4.78 is 4.73. The summed E-state index contributed by atoms with van der Waals surface area (Å²) >= 11 is 0. The molecular weight excluding hydrogens is 426 g/mol. The van der Waals surface area contributed by atoms with E-state index in [2.05, 4.69) is 31.2 Å². The van der Waals surface area contributed by atoms with Crippen molar-refractivity contribution in [3.8, 4) is 0 Å². The fourth-order valence-corrected chi connectivity index (χ4v) is 4.46. The number of benzene rings is 2. The molecule has 1 heterocycles. The number of aryl methyl sites for hydroxylation is 1. The van der Waals surface area contributed by atoms with Crippen LogP contribution in [0.15, 0.2) is 66.7 Å². The number of carbonyl (C=O) groups is 2. The highest BCUT2D eigenvalue weighted by Crippen LogP contribution is 2.22. The molecule has 5 nitrogen and oxygen atoms in total. The van der Waals surface area contributed by atoms with E-state index >= 15 is 0 Å². The van der Waals surface area contributed by atoms with Crippen LogP contribution in [0.1, 0.15) is 60.5 Å².